The van der Waals surface area contributed by atoms with Gasteiger partial charge in [-0.1, -0.05) is 6.07 Å². The highest BCUT2D eigenvalue weighted by atomic mass is 32.2. The Kier molecular flexibility index (Phi) is 6.34. The number of carbonyl (C=O) groups is 1. The van der Waals surface area contributed by atoms with Crippen molar-refractivity contribution in [1.82, 2.24) is 14.6 Å². The fourth-order valence-corrected chi connectivity index (χ4v) is 5.61. The normalized spacial score (nSPS) is 18.5. The van der Waals surface area contributed by atoms with Gasteiger partial charge in [0.05, 0.1) is 17.1 Å². The number of hydrogen-bond acceptors (Lipinski definition) is 5. The zero-order valence-corrected chi connectivity index (χ0v) is 17.9. The van der Waals surface area contributed by atoms with Crippen molar-refractivity contribution in [3.05, 3.63) is 54.4 Å². The van der Waals surface area contributed by atoms with Crippen LogP contribution in [0.25, 0.3) is 0 Å². The molecule has 3 heterocycles. The van der Waals surface area contributed by atoms with Gasteiger partial charge in [0.25, 0.3) is 0 Å². The van der Waals surface area contributed by atoms with Crippen LogP contribution in [-0.2, 0) is 21.4 Å². The molecule has 2 aliphatic rings. The predicted molar refractivity (Wildman–Crippen MR) is 115 cm³/mol. The number of anilines is 1. The number of nitrogens with one attached hydrogen (secondary N) is 1. The van der Waals surface area contributed by atoms with Gasteiger partial charge >= 0.3 is 0 Å². The number of nitrogens with zero attached hydrogens (tertiary/aromatic N) is 3. The molecule has 2 saturated heterocycles. The van der Waals surface area contributed by atoms with Crippen LogP contribution < -0.4 is 10.2 Å². The van der Waals surface area contributed by atoms with Gasteiger partial charge in [-0.15, -0.1) is 0 Å². The summed E-state index contributed by atoms with van der Waals surface area (Å²) in [5.41, 5.74) is 1.89. The molecule has 30 heavy (non-hydrogen) atoms. The molecule has 1 aromatic heterocycles. The van der Waals surface area contributed by atoms with Crippen molar-refractivity contribution in [1.29, 1.82) is 0 Å². The van der Waals surface area contributed by atoms with Gasteiger partial charge in [-0.2, -0.15) is 4.31 Å². The standard InChI is InChI=1S/C22H28N4O3S/c27-22(24-17-19-5-1-2-12-23-19)18-10-15-26(16-11-18)30(28,29)21-8-6-20(7-9-21)25-13-3-4-14-25/h1-2,5-9,12,18H,3-4,10-11,13-17H2,(H,24,27). The molecule has 0 saturated carbocycles. The SMILES string of the molecule is O=C(NCc1ccccn1)C1CCN(S(=O)(=O)c2ccc(N3CCCC3)cc2)CC1. The highest BCUT2D eigenvalue weighted by molar-refractivity contribution is 7.89. The van der Waals surface area contributed by atoms with Crippen LogP contribution in [-0.4, -0.2) is 49.8 Å². The Morgan fingerprint density at radius 1 is 1.00 bits per heavy atom. The summed E-state index contributed by atoms with van der Waals surface area (Å²) in [7, 11) is -3.53. The first kappa shape index (κ1) is 20.8. The summed E-state index contributed by atoms with van der Waals surface area (Å²) in [5.74, 6) is -0.203. The minimum absolute atomic E-state index is 0.0346. The molecular weight excluding hydrogens is 400 g/mol. The Morgan fingerprint density at radius 2 is 1.70 bits per heavy atom. The van der Waals surface area contributed by atoms with Crippen LogP contribution in [0.5, 0.6) is 0 Å². The van der Waals surface area contributed by atoms with Crippen LogP contribution in [0.3, 0.4) is 0 Å². The lowest BCUT2D eigenvalue weighted by atomic mass is 9.97. The monoisotopic (exact) mass is 428 g/mol. The van der Waals surface area contributed by atoms with Crippen LogP contribution in [0.4, 0.5) is 5.69 Å². The number of benzene rings is 1. The molecule has 0 radical (unpaired) electrons. The molecule has 0 spiro atoms. The maximum Gasteiger partial charge on any atom is 0.243 e. The zero-order chi connectivity index (χ0) is 21.0. The molecule has 0 aliphatic carbocycles. The van der Waals surface area contributed by atoms with E-state index in [2.05, 4.69) is 15.2 Å². The number of aromatic nitrogens is 1. The summed E-state index contributed by atoms with van der Waals surface area (Å²) >= 11 is 0. The second-order valence-electron chi connectivity index (χ2n) is 7.91. The van der Waals surface area contributed by atoms with E-state index in [9.17, 15) is 13.2 Å². The van der Waals surface area contributed by atoms with Gasteiger partial charge in [0.1, 0.15) is 0 Å². The molecule has 0 unspecified atom stereocenters. The van der Waals surface area contributed by atoms with E-state index in [1.54, 1.807) is 18.3 Å². The Labute approximate surface area is 178 Å². The van der Waals surface area contributed by atoms with E-state index < -0.39 is 10.0 Å². The molecule has 1 aromatic carbocycles. The van der Waals surface area contributed by atoms with Crippen molar-refractivity contribution < 1.29 is 13.2 Å². The summed E-state index contributed by atoms with van der Waals surface area (Å²) in [6, 6.07) is 12.8. The van der Waals surface area contributed by atoms with Crippen LogP contribution in [0.15, 0.2) is 53.6 Å². The van der Waals surface area contributed by atoms with E-state index in [0.29, 0.717) is 37.4 Å². The quantitative estimate of drug-likeness (QED) is 0.764. The van der Waals surface area contributed by atoms with Gasteiger partial charge in [0, 0.05) is 44.0 Å². The van der Waals surface area contributed by atoms with Crippen LogP contribution in [0.1, 0.15) is 31.4 Å². The van der Waals surface area contributed by atoms with Crippen molar-refractivity contribution in [2.45, 2.75) is 37.1 Å². The molecule has 8 heteroatoms. The Bertz CT molecular complexity index is 950. The predicted octanol–water partition coefficient (Wildman–Crippen LogP) is 2.40. The first-order valence-corrected chi connectivity index (χ1v) is 12.0. The molecule has 1 N–H and O–H groups in total. The zero-order valence-electron chi connectivity index (χ0n) is 17.0. The molecule has 2 aliphatic heterocycles. The largest absolute Gasteiger partial charge is 0.372 e. The van der Waals surface area contributed by atoms with Crippen LogP contribution in [0.2, 0.25) is 0 Å². The third kappa shape index (κ3) is 4.65. The average Bonchev–Trinajstić information content (AvgIpc) is 3.33. The third-order valence-electron chi connectivity index (χ3n) is 5.94. The van der Waals surface area contributed by atoms with E-state index in [1.807, 2.05) is 30.3 Å². The first-order valence-electron chi connectivity index (χ1n) is 10.6. The van der Waals surface area contributed by atoms with Crippen molar-refractivity contribution in [2.24, 2.45) is 5.92 Å². The van der Waals surface area contributed by atoms with Gasteiger partial charge in [0.2, 0.25) is 15.9 Å². The van der Waals surface area contributed by atoms with Crippen molar-refractivity contribution in [2.75, 3.05) is 31.1 Å². The van der Waals surface area contributed by atoms with Crippen LogP contribution in [0, 0.1) is 5.92 Å². The molecule has 0 atom stereocenters. The fourth-order valence-electron chi connectivity index (χ4n) is 4.14. The summed E-state index contributed by atoms with van der Waals surface area (Å²) in [4.78, 5) is 19.3. The smallest absolute Gasteiger partial charge is 0.243 e. The molecule has 2 fully saturated rings. The van der Waals surface area contributed by atoms with Gasteiger partial charge in [-0.05, 0) is 62.1 Å². The van der Waals surface area contributed by atoms with Crippen LogP contribution >= 0.6 is 0 Å². The lowest BCUT2D eigenvalue weighted by Crippen LogP contribution is -2.42. The van der Waals surface area contributed by atoms with E-state index in [-0.39, 0.29) is 11.8 Å². The Hall–Kier alpha value is -2.45. The van der Waals surface area contributed by atoms with Gasteiger partial charge in [0.15, 0.2) is 0 Å². The fraction of sp³-hybridized carbons (Fsp3) is 0.455. The maximum absolute atomic E-state index is 13.0. The van der Waals surface area contributed by atoms with Gasteiger partial charge in [-0.25, -0.2) is 8.42 Å². The topological polar surface area (TPSA) is 82.6 Å². The molecular formula is C22H28N4O3S. The van der Waals surface area contributed by atoms with Crippen molar-refractivity contribution in [3.8, 4) is 0 Å². The van der Waals surface area contributed by atoms with E-state index in [4.69, 9.17) is 0 Å². The highest BCUT2D eigenvalue weighted by Crippen LogP contribution is 2.26. The molecule has 4 rings (SSSR count). The number of carbonyl (C=O) groups excluding carboxylic acids is 1. The Balaban J connectivity index is 1.31. The lowest BCUT2D eigenvalue weighted by Gasteiger charge is -2.30. The van der Waals surface area contributed by atoms with E-state index >= 15 is 0 Å². The average molecular weight is 429 g/mol. The lowest BCUT2D eigenvalue weighted by molar-refractivity contribution is -0.126. The summed E-state index contributed by atoms with van der Waals surface area (Å²) in [5, 5.41) is 2.91. The maximum atomic E-state index is 13.0. The number of piperidine rings is 1. The summed E-state index contributed by atoms with van der Waals surface area (Å²) < 4.78 is 27.5. The first-order chi connectivity index (χ1) is 14.5. The summed E-state index contributed by atoms with van der Waals surface area (Å²) in [6.45, 7) is 3.17. The molecule has 1 amide bonds. The summed E-state index contributed by atoms with van der Waals surface area (Å²) in [6.07, 6.45) is 5.12. The second kappa shape index (κ2) is 9.14. The third-order valence-corrected chi connectivity index (χ3v) is 7.85. The van der Waals surface area contributed by atoms with E-state index in [1.165, 1.54) is 17.1 Å². The van der Waals surface area contributed by atoms with Gasteiger partial charge < -0.3 is 10.2 Å². The molecule has 7 nitrogen and oxygen atoms in total. The van der Waals surface area contributed by atoms with Crippen molar-refractivity contribution in [3.63, 3.8) is 0 Å². The van der Waals surface area contributed by atoms with Crippen molar-refractivity contribution >= 4 is 21.6 Å². The number of hydrogen-bond donors (Lipinski definition) is 1. The number of pyridine rings is 1. The Morgan fingerprint density at radius 3 is 2.33 bits per heavy atom. The minimum atomic E-state index is -3.53. The number of rotatable bonds is 6. The van der Waals surface area contributed by atoms with E-state index in [0.717, 1.165) is 24.5 Å². The molecule has 2 aromatic rings. The second-order valence-corrected chi connectivity index (χ2v) is 9.84. The number of sulfonamides is 1. The van der Waals surface area contributed by atoms with Gasteiger partial charge in [-0.3, -0.25) is 9.78 Å². The number of amides is 1. The molecule has 0 bridgehead atoms. The highest BCUT2D eigenvalue weighted by Gasteiger charge is 2.32. The molecule has 160 valence electrons. The minimum Gasteiger partial charge on any atom is -0.372 e.